The van der Waals surface area contributed by atoms with Gasteiger partial charge in [-0.25, -0.2) is 12.8 Å². The quantitative estimate of drug-likeness (QED) is 0.711. The Morgan fingerprint density at radius 3 is 2.52 bits per heavy atom. The van der Waals surface area contributed by atoms with Crippen LogP contribution < -0.4 is 10.5 Å². The standard InChI is InChI=1S/C13H11Br2FN2O2S/c1-7-11(17)4-8(14)5-13(7)21(19,20)18-12-6-9(16)2-3-10(12)15/h2-6,18H,17H2,1H3. The molecule has 0 atom stereocenters. The van der Waals surface area contributed by atoms with Gasteiger partial charge >= 0.3 is 0 Å². The van der Waals surface area contributed by atoms with Gasteiger partial charge in [0.1, 0.15) is 5.82 Å². The molecule has 2 aromatic carbocycles. The minimum atomic E-state index is -3.88. The van der Waals surface area contributed by atoms with Crippen LogP contribution in [0.15, 0.2) is 44.2 Å². The minimum Gasteiger partial charge on any atom is -0.398 e. The van der Waals surface area contributed by atoms with Gasteiger partial charge in [0, 0.05) is 14.6 Å². The molecule has 0 saturated heterocycles. The van der Waals surface area contributed by atoms with Crippen molar-refractivity contribution in [2.24, 2.45) is 0 Å². The Bertz CT molecular complexity index is 810. The molecule has 0 heterocycles. The van der Waals surface area contributed by atoms with Crippen molar-refractivity contribution in [1.82, 2.24) is 0 Å². The summed E-state index contributed by atoms with van der Waals surface area (Å²) in [4.78, 5) is 0.0329. The average molecular weight is 438 g/mol. The third kappa shape index (κ3) is 3.56. The van der Waals surface area contributed by atoms with E-state index in [0.29, 0.717) is 20.2 Å². The van der Waals surface area contributed by atoms with E-state index in [0.717, 1.165) is 6.07 Å². The summed E-state index contributed by atoms with van der Waals surface area (Å²) in [6.07, 6.45) is 0. The first-order chi connectivity index (χ1) is 9.70. The van der Waals surface area contributed by atoms with Crippen molar-refractivity contribution < 1.29 is 12.8 Å². The number of hydrogen-bond donors (Lipinski definition) is 2. The lowest BCUT2D eigenvalue weighted by molar-refractivity contribution is 0.600. The molecule has 0 bridgehead atoms. The minimum absolute atomic E-state index is 0.0329. The first kappa shape index (κ1) is 16.3. The summed E-state index contributed by atoms with van der Waals surface area (Å²) >= 11 is 6.39. The Morgan fingerprint density at radius 2 is 1.86 bits per heavy atom. The van der Waals surface area contributed by atoms with Crippen molar-refractivity contribution in [1.29, 1.82) is 0 Å². The Labute approximate surface area is 138 Å². The van der Waals surface area contributed by atoms with E-state index in [4.69, 9.17) is 5.73 Å². The second-order valence-electron chi connectivity index (χ2n) is 4.35. The normalized spacial score (nSPS) is 11.4. The highest BCUT2D eigenvalue weighted by molar-refractivity contribution is 9.10. The predicted octanol–water partition coefficient (Wildman–Crippen LogP) is 4.04. The van der Waals surface area contributed by atoms with Crippen LogP contribution in [0.3, 0.4) is 0 Å². The third-order valence-electron chi connectivity index (χ3n) is 2.83. The zero-order valence-electron chi connectivity index (χ0n) is 10.8. The molecule has 0 aromatic heterocycles. The van der Waals surface area contributed by atoms with E-state index >= 15 is 0 Å². The fourth-order valence-corrected chi connectivity index (χ4v) is 4.20. The highest BCUT2D eigenvalue weighted by atomic mass is 79.9. The fraction of sp³-hybridized carbons (Fsp3) is 0.0769. The van der Waals surface area contributed by atoms with Crippen LogP contribution in [-0.2, 0) is 10.0 Å². The molecule has 0 aliphatic carbocycles. The zero-order valence-corrected chi connectivity index (χ0v) is 14.8. The van der Waals surface area contributed by atoms with Gasteiger partial charge in [-0.1, -0.05) is 15.9 Å². The number of benzene rings is 2. The lowest BCUT2D eigenvalue weighted by atomic mass is 10.2. The van der Waals surface area contributed by atoms with E-state index in [2.05, 4.69) is 36.6 Å². The van der Waals surface area contributed by atoms with Crippen LogP contribution in [0, 0.1) is 12.7 Å². The summed E-state index contributed by atoms with van der Waals surface area (Å²) < 4.78 is 41.5. The van der Waals surface area contributed by atoms with E-state index in [1.54, 1.807) is 13.0 Å². The van der Waals surface area contributed by atoms with Gasteiger partial charge in [0.25, 0.3) is 10.0 Å². The number of nitrogens with one attached hydrogen (secondary N) is 1. The molecule has 112 valence electrons. The summed E-state index contributed by atoms with van der Waals surface area (Å²) in [5.74, 6) is -0.540. The molecule has 3 N–H and O–H groups in total. The summed E-state index contributed by atoms with van der Waals surface area (Å²) in [6.45, 7) is 1.61. The van der Waals surface area contributed by atoms with Crippen molar-refractivity contribution in [3.8, 4) is 0 Å². The second kappa shape index (κ2) is 5.94. The largest absolute Gasteiger partial charge is 0.398 e. The van der Waals surface area contributed by atoms with E-state index < -0.39 is 15.8 Å². The number of rotatable bonds is 3. The van der Waals surface area contributed by atoms with Gasteiger partial charge in [0.2, 0.25) is 0 Å². The zero-order chi connectivity index (χ0) is 15.8. The fourth-order valence-electron chi connectivity index (χ4n) is 1.73. The maximum Gasteiger partial charge on any atom is 0.262 e. The van der Waals surface area contributed by atoms with Crippen LogP contribution in [0.5, 0.6) is 0 Å². The second-order valence-corrected chi connectivity index (χ2v) is 7.77. The molecule has 2 aromatic rings. The Balaban J connectivity index is 2.51. The van der Waals surface area contributed by atoms with Gasteiger partial charge in [0.15, 0.2) is 0 Å². The Morgan fingerprint density at radius 1 is 1.19 bits per heavy atom. The lowest BCUT2D eigenvalue weighted by Gasteiger charge is -2.13. The van der Waals surface area contributed by atoms with Crippen LogP contribution in [0.2, 0.25) is 0 Å². The van der Waals surface area contributed by atoms with E-state index in [1.165, 1.54) is 18.2 Å². The van der Waals surface area contributed by atoms with Gasteiger partial charge in [-0.15, -0.1) is 0 Å². The number of nitrogens with two attached hydrogens (primary N) is 1. The summed E-state index contributed by atoms with van der Waals surface area (Å²) in [6, 6.07) is 6.81. The van der Waals surface area contributed by atoms with Gasteiger partial charge in [-0.2, -0.15) is 0 Å². The number of anilines is 2. The van der Waals surface area contributed by atoms with Gasteiger partial charge < -0.3 is 5.73 Å². The maximum atomic E-state index is 13.2. The van der Waals surface area contributed by atoms with Crippen molar-refractivity contribution in [2.75, 3.05) is 10.5 Å². The van der Waals surface area contributed by atoms with Crippen LogP contribution in [0.1, 0.15) is 5.56 Å². The topological polar surface area (TPSA) is 72.2 Å². The van der Waals surface area contributed by atoms with Crippen LogP contribution in [0.25, 0.3) is 0 Å². The van der Waals surface area contributed by atoms with Crippen molar-refractivity contribution in [3.63, 3.8) is 0 Å². The molecule has 0 saturated carbocycles. The molecule has 0 fully saturated rings. The third-order valence-corrected chi connectivity index (χ3v) is 5.47. The van der Waals surface area contributed by atoms with Crippen molar-refractivity contribution in [2.45, 2.75) is 11.8 Å². The number of halogens is 3. The summed E-state index contributed by atoms with van der Waals surface area (Å²) in [5, 5.41) is 0. The predicted molar refractivity (Wildman–Crippen MR) is 88.2 cm³/mol. The SMILES string of the molecule is Cc1c(N)cc(Br)cc1S(=O)(=O)Nc1cc(F)ccc1Br. The van der Waals surface area contributed by atoms with Crippen LogP contribution >= 0.6 is 31.9 Å². The molecule has 21 heavy (non-hydrogen) atoms. The van der Waals surface area contributed by atoms with Gasteiger partial charge in [-0.05, 0) is 58.7 Å². The molecule has 8 heteroatoms. The van der Waals surface area contributed by atoms with Gasteiger partial charge in [0.05, 0.1) is 10.6 Å². The Kier molecular flexibility index (Phi) is 4.60. The smallest absolute Gasteiger partial charge is 0.262 e. The first-order valence-corrected chi connectivity index (χ1v) is 8.81. The molecule has 2 rings (SSSR count). The first-order valence-electron chi connectivity index (χ1n) is 5.74. The number of nitrogen functional groups attached to an aromatic ring is 1. The summed E-state index contributed by atoms with van der Waals surface area (Å²) in [5.41, 5.74) is 6.67. The molecule has 0 unspecified atom stereocenters. The molecule has 4 nitrogen and oxygen atoms in total. The summed E-state index contributed by atoms with van der Waals surface area (Å²) in [7, 11) is -3.88. The van der Waals surface area contributed by atoms with E-state index in [-0.39, 0.29) is 10.6 Å². The number of hydrogen-bond acceptors (Lipinski definition) is 3. The van der Waals surface area contributed by atoms with E-state index in [1.807, 2.05) is 0 Å². The maximum absolute atomic E-state index is 13.2. The molecule has 0 amide bonds. The lowest BCUT2D eigenvalue weighted by Crippen LogP contribution is -2.15. The monoisotopic (exact) mass is 436 g/mol. The average Bonchev–Trinajstić information content (AvgIpc) is 2.37. The van der Waals surface area contributed by atoms with Crippen molar-refractivity contribution in [3.05, 3.63) is 50.7 Å². The highest BCUT2D eigenvalue weighted by Crippen LogP contribution is 2.30. The number of sulfonamides is 1. The molecular formula is C13H11Br2FN2O2S. The molecule has 0 radical (unpaired) electrons. The molecule has 0 aliphatic heterocycles. The van der Waals surface area contributed by atoms with E-state index in [9.17, 15) is 12.8 Å². The van der Waals surface area contributed by atoms with Crippen molar-refractivity contribution >= 4 is 53.3 Å². The molecule has 0 aliphatic rings. The Hall–Kier alpha value is -1.12. The molecule has 0 spiro atoms. The van der Waals surface area contributed by atoms with Crippen LogP contribution in [-0.4, -0.2) is 8.42 Å². The molecular weight excluding hydrogens is 427 g/mol. The van der Waals surface area contributed by atoms with Gasteiger partial charge in [-0.3, -0.25) is 4.72 Å². The van der Waals surface area contributed by atoms with Crippen LogP contribution in [0.4, 0.5) is 15.8 Å². The highest BCUT2D eigenvalue weighted by Gasteiger charge is 2.20.